The Bertz CT molecular complexity index is 461. The van der Waals surface area contributed by atoms with Gasteiger partial charge in [-0.1, -0.05) is 12.1 Å². The zero-order chi connectivity index (χ0) is 13.3. The Morgan fingerprint density at radius 1 is 1.44 bits per heavy atom. The number of piperazine rings is 1. The normalized spacial score (nSPS) is 24.1. The molecule has 0 aliphatic carbocycles. The summed E-state index contributed by atoms with van der Waals surface area (Å²) in [6, 6.07) is 6.42. The maximum atomic E-state index is 12.6. The van der Waals surface area contributed by atoms with Gasteiger partial charge in [0.05, 0.1) is 5.56 Å². The predicted octanol–water partition coefficient (Wildman–Crippen LogP) is 2.58. The van der Waals surface area contributed by atoms with Crippen LogP contribution in [-0.4, -0.2) is 36.0 Å². The molecule has 0 saturated carbocycles. The molecule has 1 fully saturated rings. The number of nitrogens with zero attached hydrogens (tertiary/aromatic N) is 1. The highest BCUT2D eigenvalue weighted by atomic mass is 79.9. The molecule has 1 aromatic rings. The van der Waals surface area contributed by atoms with E-state index in [9.17, 15) is 4.79 Å². The number of rotatable bonds is 1. The molecule has 0 spiro atoms. The molecule has 1 N–H and O–H groups in total. The van der Waals surface area contributed by atoms with E-state index in [2.05, 4.69) is 35.1 Å². The van der Waals surface area contributed by atoms with Crippen LogP contribution in [0.3, 0.4) is 0 Å². The van der Waals surface area contributed by atoms with Crippen molar-refractivity contribution >= 4 is 21.8 Å². The SMILES string of the molecule is Cc1cccc(C(=O)N2CC(C)NCC2C)c1Br. The van der Waals surface area contributed by atoms with Crippen LogP contribution in [0.2, 0.25) is 0 Å². The quantitative estimate of drug-likeness (QED) is 0.864. The van der Waals surface area contributed by atoms with Gasteiger partial charge in [0.1, 0.15) is 0 Å². The molecule has 3 nitrogen and oxygen atoms in total. The Balaban J connectivity index is 2.27. The second-order valence-corrected chi connectivity index (χ2v) is 5.85. The zero-order valence-corrected chi connectivity index (χ0v) is 12.6. The summed E-state index contributed by atoms with van der Waals surface area (Å²) in [5.74, 6) is 0.117. The van der Waals surface area contributed by atoms with E-state index in [1.807, 2.05) is 30.0 Å². The molecule has 1 amide bonds. The molecular weight excluding hydrogens is 292 g/mol. The number of amides is 1. The van der Waals surface area contributed by atoms with E-state index >= 15 is 0 Å². The molecule has 0 radical (unpaired) electrons. The summed E-state index contributed by atoms with van der Waals surface area (Å²) >= 11 is 3.52. The summed E-state index contributed by atoms with van der Waals surface area (Å²) in [5.41, 5.74) is 1.85. The van der Waals surface area contributed by atoms with E-state index in [-0.39, 0.29) is 11.9 Å². The van der Waals surface area contributed by atoms with E-state index in [4.69, 9.17) is 0 Å². The van der Waals surface area contributed by atoms with Gasteiger partial charge in [-0.25, -0.2) is 0 Å². The van der Waals surface area contributed by atoms with Crippen molar-refractivity contribution in [2.75, 3.05) is 13.1 Å². The lowest BCUT2D eigenvalue weighted by atomic mass is 10.1. The highest BCUT2D eigenvalue weighted by Gasteiger charge is 2.28. The molecule has 1 aliphatic heterocycles. The van der Waals surface area contributed by atoms with Crippen LogP contribution < -0.4 is 5.32 Å². The molecule has 98 valence electrons. The van der Waals surface area contributed by atoms with Gasteiger partial charge in [-0.2, -0.15) is 0 Å². The summed E-state index contributed by atoms with van der Waals surface area (Å²) < 4.78 is 0.911. The van der Waals surface area contributed by atoms with Crippen molar-refractivity contribution in [3.8, 4) is 0 Å². The van der Waals surface area contributed by atoms with Crippen molar-refractivity contribution in [1.29, 1.82) is 0 Å². The molecule has 1 aliphatic rings. The number of nitrogens with one attached hydrogen (secondary N) is 1. The van der Waals surface area contributed by atoms with Crippen LogP contribution in [0.15, 0.2) is 22.7 Å². The lowest BCUT2D eigenvalue weighted by molar-refractivity contribution is 0.0615. The van der Waals surface area contributed by atoms with Crippen molar-refractivity contribution in [2.45, 2.75) is 32.9 Å². The monoisotopic (exact) mass is 310 g/mol. The second kappa shape index (κ2) is 5.41. The molecule has 0 aromatic heterocycles. The van der Waals surface area contributed by atoms with E-state index in [1.165, 1.54) is 0 Å². The fraction of sp³-hybridized carbons (Fsp3) is 0.500. The largest absolute Gasteiger partial charge is 0.333 e. The average Bonchev–Trinajstić information content (AvgIpc) is 2.35. The zero-order valence-electron chi connectivity index (χ0n) is 11.0. The summed E-state index contributed by atoms with van der Waals surface area (Å²) in [7, 11) is 0. The van der Waals surface area contributed by atoms with Crippen LogP contribution in [0, 0.1) is 6.92 Å². The molecule has 2 rings (SSSR count). The van der Waals surface area contributed by atoms with Gasteiger partial charge in [0, 0.05) is 29.6 Å². The predicted molar refractivity (Wildman–Crippen MR) is 76.8 cm³/mol. The van der Waals surface area contributed by atoms with Crippen LogP contribution in [0.5, 0.6) is 0 Å². The third-order valence-corrected chi connectivity index (χ3v) is 4.50. The van der Waals surface area contributed by atoms with Crippen LogP contribution in [-0.2, 0) is 0 Å². The lowest BCUT2D eigenvalue weighted by Gasteiger charge is -2.37. The third-order valence-electron chi connectivity index (χ3n) is 3.45. The lowest BCUT2D eigenvalue weighted by Crippen LogP contribution is -2.56. The smallest absolute Gasteiger partial charge is 0.255 e. The Morgan fingerprint density at radius 3 is 2.89 bits per heavy atom. The number of halogens is 1. The average molecular weight is 311 g/mol. The van der Waals surface area contributed by atoms with Crippen LogP contribution in [0.1, 0.15) is 29.8 Å². The van der Waals surface area contributed by atoms with Crippen molar-refractivity contribution in [3.63, 3.8) is 0 Å². The maximum absolute atomic E-state index is 12.6. The molecule has 1 heterocycles. The van der Waals surface area contributed by atoms with E-state index in [0.29, 0.717) is 6.04 Å². The summed E-state index contributed by atoms with van der Waals surface area (Å²) in [4.78, 5) is 14.6. The van der Waals surface area contributed by atoms with Gasteiger partial charge in [-0.15, -0.1) is 0 Å². The number of carbonyl (C=O) groups excluding carboxylic acids is 1. The van der Waals surface area contributed by atoms with Gasteiger partial charge in [-0.3, -0.25) is 4.79 Å². The van der Waals surface area contributed by atoms with Gasteiger partial charge in [0.2, 0.25) is 0 Å². The molecule has 1 saturated heterocycles. The van der Waals surface area contributed by atoms with Gasteiger partial charge in [0.15, 0.2) is 0 Å². The van der Waals surface area contributed by atoms with Crippen molar-refractivity contribution in [2.24, 2.45) is 0 Å². The van der Waals surface area contributed by atoms with Crippen molar-refractivity contribution < 1.29 is 4.79 Å². The number of carbonyl (C=O) groups is 1. The first-order chi connectivity index (χ1) is 8.50. The Hall–Kier alpha value is -0.870. The first kappa shape index (κ1) is 13.6. The minimum absolute atomic E-state index is 0.117. The minimum Gasteiger partial charge on any atom is -0.333 e. The Kier molecular flexibility index (Phi) is 4.07. The maximum Gasteiger partial charge on any atom is 0.255 e. The van der Waals surface area contributed by atoms with Crippen molar-refractivity contribution in [1.82, 2.24) is 10.2 Å². The van der Waals surface area contributed by atoms with Crippen LogP contribution >= 0.6 is 15.9 Å². The molecular formula is C14H19BrN2O. The minimum atomic E-state index is 0.117. The molecule has 0 bridgehead atoms. The van der Waals surface area contributed by atoms with Gasteiger partial charge in [-0.05, 0) is 48.3 Å². The third kappa shape index (κ3) is 2.59. The Morgan fingerprint density at radius 2 is 2.17 bits per heavy atom. The molecule has 1 aromatic carbocycles. The number of aryl methyl sites for hydroxylation is 1. The highest BCUT2D eigenvalue weighted by Crippen LogP contribution is 2.23. The summed E-state index contributed by atoms with van der Waals surface area (Å²) in [6.07, 6.45) is 0. The molecule has 4 heteroatoms. The fourth-order valence-corrected chi connectivity index (χ4v) is 2.71. The van der Waals surface area contributed by atoms with E-state index in [0.717, 1.165) is 28.7 Å². The van der Waals surface area contributed by atoms with Crippen LogP contribution in [0.25, 0.3) is 0 Å². The highest BCUT2D eigenvalue weighted by molar-refractivity contribution is 9.10. The van der Waals surface area contributed by atoms with Gasteiger partial charge in [0.25, 0.3) is 5.91 Å². The molecule has 18 heavy (non-hydrogen) atoms. The van der Waals surface area contributed by atoms with Crippen molar-refractivity contribution in [3.05, 3.63) is 33.8 Å². The van der Waals surface area contributed by atoms with E-state index in [1.54, 1.807) is 0 Å². The number of hydrogen-bond donors (Lipinski definition) is 1. The van der Waals surface area contributed by atoms with E-state index < -0.39 is 0 Å². The first-order valence-corrected chi connectivity index (χ1v) is 7.09. The fourth-order valence-electron chi connectivity index (χ4n) is 2.27. The summed E-state index contributed by atoms with van der Waals surface area (Å²) in [6.45, 7) is 7.82. The van der Waals surface area contributed by atoms with Gasteiger partial charge < -0.3 is 10.2 Å². The number of benzene rings is 1. The Labute approximate surface area is 117 Å². The van der Waals surface area contributed by atoms with Gasteiger partial charge >= 0.3 is 0 Å². The van der Waals surface area contributed by atoms with Crippen LogP contribution in [0.4, 0.5) is 0 Å². The standard InChI is InChI=1S/C14H19BrN2O/c1-9-5-4-6-12(13(9)15)14(18)17-8-10(2)16-7-11(17)3/h4-6,10-11,16H,7-8H2,1-3H3. The first-order valence-electron chi connectivity index (χ1n) is 6.30. The molecule has 2 atom stereocenters. The number of hydrogen-bond acceptors (Lipinski definition) is 2. The summed E-state index contributed by atoms with van der Waals surface area (Å²) in [5, 5.41) is 3.39. The second-order valence-electron chi connectivity index (χ2n) is 5.05. The molecule has 2 unspecified atom stereocenters. The topological polar surface area (TPSA) is 32.3 Å².